The molecule has 3 heterocycles. The molecule has 27 heavy (non-hydrogen) atoms. The fourth-order valence-electron chi connectivity index (χ4n) is 3.27. The van der Waals surface area contributed by atoms with Crippen molar-refractivity contribution in [2.45, 2.75) is 6.42 Å². The summed E-state index contributed by atoms with van der Waals surface area (Å²) < 4.78 is 6.79. The van der Waals surface area contributed by atoms with E-state index in [1.165, 1.54) is 6.33 Å². The zero-order valence-corrected chi connectivity index (χ0v) is 15.4. The van der Waals surface area contributed by atoms with Crippen molar-refractivity contribution in [1.29, 1.82) is 0 Å². The molecule has 0 radical (unpaired) electrons. The van der Waals surface area contributed by atoms with Crippen LogP contribution in [0.3, 0.4) is 0 Å². The second-order valence-electron chi connectivity index (χ2n) is 6.48. The second kappa shape index (κ2) is 7.18. The number of piperazine rings is 1. The molecule has 4 rings (SSSR count). The fraction of sp³-hybridized carbons (Fsp3) is 0.389. The first-order valence-corrected chi connectivity index (χ1v) is 8.82. The number of rotatable bonds is 4. The molecule has 0 saturated carbocycles. The van der Waals surface area contributed by atoms with Gasteiger partial charge in [0.2, 0.25) is 5.91 Å². The molecule has 1 saturated heterocycles. The Bertz CT molecular complexity index is 946. The quantitative estimate of drug-likeness (QED) is 0.669. The van der Waals surface area contributed by atoms with Gasteiger partial charge in [-0.25, -0.2) is 14.6 Å². The lowest BCUT2D eigenvalue weighted by Gasteiger charge is -2.35. The third-order valence-electron chi connectivity index (χ3n) is 4.82. The van der Waals surface area contributed by atoms with Crippen LogP contribution in [0.15, 0.2) is 30.6 Å². The SMILES string of the molecule is COc1ccc(CC(=O)N2CCN(c3ncnc4c3nnn4C)CC2)cc1. The lowest BCUT2D eigenvalue weighted by molar-refractivity contribution is -0.130. The van der Waals surface area contributed by atoms with Crippen LogP contribution in [0.5, 0.6) is 5.75 Å². The molecule has 0 N–H and O–H groups in total. The van der Waals surface area contributed by atoms with E-state index < -0.39 is 0 Å². The second-order valence-corrected chi connectivity index (χ2v) is 6.48. The summed E-state index contributed by atoms with van der Waals surface area (Å²) in [7, 11) is 3.44. The number of ether oxygens (including phenoxy) is 1. The average Bonchev–Trinajstić information content (AvgIpc) is 3.10. The lowest BCUT2D eigenvalue weighted by atomic mass is 10.1. The number of benzene rings is 1. The van der Waals surface area contributed by atoms with E-state index in [4.69, 9.17) is 4.74 Å². The van der Waals surface area contributed by atoms with Crippen LogP contribution in [0.25, 0.3) is 11.2 Å². The summed E-state index contributed by atoms with van der Waals surface area (Å²) in [6.07, 6.45) is 1.92. The molecule has 1 fully saturated rings. The van der Waals surface area contributed by atoms with Crippen LogP contribution in [-0.4, -0.2) is 69.1 Å². The van der Waals surface area contributed by atoms with Gasteiger partial charge in [-0.05, 0) is 17.7 Å². The number of hydrogen-bond donors (Lipinski definition) is 0. The van der Waals surface area contributed by atoms with Gasteiger partial charge in [0, 0.05) is 33.2 Å². The van der Waals surface area contributed by atoms with Crippen molar-refractivity contribution in [2.24, 2.45) is 7.05 Å². The normalized spacial score (nSPS) is 14.6. The number of carbonyl (C=O) groups excluding carboxylic acids is 1. The molecule has 9 nitrogen and oxygen atoms in total. The number of nitrogens with zero attached hydrogens (tertiary/aromatic N) is 7. The Balaban J connectivity index is 1.40. The summed E-state index contributed by atoms with van der Waals surface area (Å²) in [4.78, 5) is 25.2. The van der Waals surface area contributed by atoms with Crippen molar-refractivity contribution in [3.63, 3.8) is 0 Å². The van der Waals surface area contributed by atoms with Crippen molar-refractivity contribution < 1.29 is 9.53 Å². The molecule has 1 aliphatic heterocycles. The summed E-state index contributed by atoms with van der Waals surface area (Å²) in [5, 5.41) is 8.19. The van der Waals surface area contributed by atoms with Crippen molar-refractivity contribution in [3.8, 4) is 5.75 Å². The molecule has 0 atom stereocenters. The van der Waals surface area contributed by atoms with E-state index in [0.717, 1.165) is 17.1 Å². The third-order valence-corrected chi connectivity index (χ3v) is 4.82. The first kappa shape index (κ1) is 17.2. The minimum absolute atomic E-state index is 0.132. The van der Waals surface area contributed by atoms with Crippen molar-refractivity contribution in [2.75, 3.05) is 38.2 Å². The molecule has 0 spiro atoms. The smallest absolute Gasteiger partial charge is 0.227 e. The summed E-state index contributed by atoms with van der Waals surface area (Å²) in [5.41, 5.74) is 2.39. The largest absolute Gasteiger partial charge is 0.497 e. The Kier molecular flexibility index (Phi) is 4.57. The Morgan fingerprint density at radius 1 is 1.11 bits per heavy atom. The lowest BCUT2D eigenvalue weighted by Crippen LogP contribution is -2.49. The number of carbonyl (C=O) groups is 1. The van der Waals surface area contributed by atoms with Crippen molar-refractivity contribution in [3.05, 3.63) is 36.2 Å². The summed E-state index contributed by atoms with van der Waals surface area (Å²) in [5.74, 6) is 1.70. The third kappa shape index (κ3) is 3.40. The van der Waals surface area contributed by atoms with Gasteiger partial charge in [-0.2, -0.15) is 0 Å². The number of aryl methyl sites for hydroxylation is 1. The van der Waals surface area contributed by atoms with Gasteiger partial charge in [0.05, 0.1) is 13.5 Å². The molecule has 140 valence electrons. The summed E-state index contributed by atoms with van der Waals surface area (Å²) >= 11 is 0. The maximum absolute atomic E-state index is 12.6. The maximum atomic E-state index is 12.6. The highest BCUT2D eigenvalue weighted by atomic mass is 16.5. The minimum atomic E-state index is 0.132. The maximum Gasteiger partial charge on any atom is 0.227 e. The highest BCUT2D eigenvalue weighted by Gasteiger charge is 2.24. The molecule has 1 amide bonds. The predicted octanol–water partition coefficient (Wildman–Crippen LogP) is 0.658. The van der Waals surface area contributed by atoms with Crippen LogP contribution in [0.1, 0.15) is 5.56 Å². The Morgan fingerprint density at radius 3 is 2.56 bits per heavy atom. The van der Waals surface area contributed by atoms with Crippen molar-refractivity contribution >= 4 is 22.9 Å². The van der Waals surface area contributed by atoms with Gasteiger partial charge in [-0.15, -0.1) is 5.10 Å². The molecule has 2 aromatic heterocycles. The number of anilines is 1. The van der Waals surface area contributed by atoms with Gasteiger partial charge < -0.3 is 14.5 Å². The van der Waals surface area contributed by atoms with E-state index >= 15 is 0 Å². The molecule has 0 bridgehead atoms. The number of methoxy groups -OCH3 is 1. The van der Waals surface area contributed by atoms with Gasteiger partial charge in [0.15, 0.2) is 17.0 Å². The number of hydrogen-bond acceptors (Lipinski definition) is 7. The molecule has 0 unspecified atom stereocenters. The highest BCUT2D eigenvalue weighted by Crippen LogP contribution is 2.21. The summed E-state index contributed by atoms with van der Waals surface area (Å²) in [6, 6.07) is 7.61. The standard InChI is InChI=1S/C18H21N7O2/c1-23-17-16(21-22-23)18(20-12-19-17)25-9-7-24(8-10-25)15(26)11-13-3-5-14(27-2)6-4-13/h3-6,12H,7-11H2,1-2H3. The van der Waals surface area contributed by atoms with E-state index in [-0.39, 0.29) is 5.91 Å². The van der Waals surface area contributed by atoms with Crippen LogP contribution in [-0.2, 0) is 18.3 Å². The fourth-order valence-corrected chi connectivity index (χ4v) is 3.27. The Morgan fingerprint density at radius 2 is 1.85 bits per heavy atom. The first-order valence-electron chi connectivity index (χ1n) is 8.82. The molecule has 1 aromatic carbocycles. The topological polar surface area (TPSA) is 89.3 Å². The van der Waals surface area contributed by atoms with Crippen LogP contribution in [0.4, 0.5) is 5.82 Å². The molecular weight excluding hydrogens is 346 g/mol. The predicted molar refractivity (Wildman–Crippen MR) is 99.6 cm³/mol. The zero-order valence-electron chi connectivity index (χ0n) is 15.4. The van der Waals surface area contributed by atoms with Crippen LogP contribution in [0, 0.1) is 0 Å². The van der Waals surface area contributed by atoms with E-state index in [1.807, 2.05) is 36.2 Å². The van der Waals surface area contributed by atoms with E-state index in [0.29, 0.717) is 43.8 Å². The van der Waals surface area contributed by atoms with Gasteiger partial charge >= 0.3 is 0 Å². The monoisotopic (exact) mass is 367 g/mol. The van der Waals surface area contributed by atoms with Crippen molar-refractivity contribution in [1.82, 2.24) is 29.9 Å². The van der Waals surface area contributed by atoms with Crippen LogP contribution < -0.4 is 9.64 Å². The van der Waals surface area contributed by atoms with E-state index in [2.05, 4.69) is 25.2 Å². The average molecular weight is 367 g/mol. The minimum Gasteiger partial charge on any atom is -0.497 e. The number of fused-ring (bicyclic) bond motifs is 1. The van der Waals surface area contributed by atoms with Gasteiger partial charge in [-0.1, -0.05) is 17.3 Å². The highest BCUT2D eigenvalue weighted by molar-refractivity contribution is 5.83. The molecule has 1 aliphatic rings. The number of aromatic nitrogens is 5. The number of amides is 1. The summed E-state index contributed by atoms with van der Waals surface area (Å²) in [6.45, 7) is 2.72. The van der Waals surface area contributed by atoms with Gasteiger partial charge in [0.25, 0.3) is 0 Å². The van der Waals surface area contributed by atoms with Gasteiger partial charge in [-0.3, -0.25) is 4.79 Å². The van der Waals surface area contributed by atoms with Crippen LogP contribution >= 0.6 is 0 Å². The Hall–Kier alpha value is -3.23. The van der Waals surface area contributed by atoms with E-state index in [1.54, 1.807) is 11.8 Å². The zero-order chi connectivity index (χ0) is 18.8. The molecule has 0 aliphatic carbocycles. The van der Waals surface area contributed by atoms with Gasteiger partial charge in [0.1, 0.15) is 12.1 Å². The molecule has 9 heteroatoms. The van der Waals surface area contributed by atoms with E-state index in [9.17, 15) is 4.79 Å². The first-order chi connectivity index (χ1) is 13.2. The van der Waals surface area contributed by atoms with Crippen LogP contribution in [0.2, 0.25) is 0 Å². The molecular formula is C18H21N7O2. The molecule has 3 aromatic rings. The Labute approximate surface area is 156 Å².